The van der Waals surface area contributed by atoms with E-state index in [2.05, 4.69) is 31.8 Å². The molecule has 1 aromatic carbocycles. The smallest absolute Gasteiger partial charge is 0.199 e. The van der Waals surface area contributed by atoms with Crippen molar-refractivity contribution < 1.29 is 4.63 Å². The van der Waals surface area contributed by atoms with Gasteiger partial charge >= 0.3 is 0 Å². The van der Waals surface area contributed by atoms with Gasteiger partial charge in [0, 0.05) is 12.4 Å². The molecule has 0 aliphatic heterocycles. The maximum Gasteiger partial charge on any atom is 0.199 e. The van der Waals surface area contributed by atoms with Crippen LogP contribution in [0.2, 0.25) is 0 Å². The number of imidazole rings is 1. The number of para-hydroxylation sites is 2. The van der Waals surface area contributed by atoms with E-state index in [0.717, 1.165) is 16.6 Å². The number of hydrogen-bond acceptors (Lipinski definition) is 6. The van der Waals surface area contributed by atoms with Crippen molar-refractivity contribution in [1.82, 2.24) is 24.8 Å². The highest BCUT2D eigenvalue weighted by atomic mass is 16.6. The molecule has 0 amide bonds. The lowest BCUT2D eigenvalue weighted by Gasteiger charge is -2.17. The minimum Gasteiger partial charge on any atom is -0.379 e. The number of aromatic nitrogens is 5. The molecule has 7 nitrogen and oxygen atoms in total. The predicted molar refractivity (Wildman–Crippen MR) is 85.5 cm³/mol. The summed E-state index contributed by atoms with van der Waals surface area (Å²) in [5, 5.41) is 7.57. The molecule has 0 spiro atoms. The molecular weight excluding hydrogens is 292 g/mol. The summed E-state index contributed by atoms with van der Waals surface area (Å²) in [6.07, 6.45) is 3.59. The Morgan fingerprint density at radius 3 is 2.74 bits per heavy atom. The number of hydrogen-bond donors (Lipinski definition) is 1. The molecule has 2 N–H and O–H groups in total. The van der Waals surface area contributed by atoms with Crippen molar-refractivity contribution in [3.8, 4) is 11.5 Å². The van der Waals surface area contributed by atoms with Gasteiger partial charge in [0.05, 0.1) is 17.1 Å². The zero-order valence-electron chi connectivity index (χ0n) is 12.4. The van der Waals surface area contributed by atoms with Crippen molar-refractivity contribution in [3.63, 3.8) is 0 Å². The Hall–Kier alpha value is -3.22. The molecule has 7 heteroatoms. The van der Waals surface area contributed by atoms with Crippen molar-refractivity contribution in [2.75, 3.05) is 5.73 Å². The van der Waals surface area contributed by atoms with E-state index in [1.807, 2.05) is 42.6 Å². The van der Waals surface area contributed by atoms with Gasteiger partial charge in [0.25, 0.3) is 0 Å². The number of benzene rings is 1. The van der Waals surface area contributed by atoms with E-state index < -0.39 is 0 Å². The third-order valence-electron chi connectivity index (χ3n) is 3.88. The van der Waals surface area contributed by atoms with Crippen LogP contribution in [0.5, 0.6) is 0 Å². The Balaban J connectivity index is 1.99. The van der Waals surface area contributed by atoms with Crippen LogP contribution in [0.1, 0.15) is 18.5 Å². The first-order valence-electron chi connectivity index (χ1n) is 7.21. The van der Waals surface area contributed by atoms with Crippen LogP contribution in [0.25, 0.3) is 22.6 Å². The second kappa shape index (κ2) is 5.20. The molecule has 1 atom stereocenters. The summed E-state index contributed by atoms with van der Waals surface area (Å²) in [6.45, 7) is 2.08. The van der Waals surface area contributed by atoms with Gasteiger partial charge in [0.2, 0.25) is 0 Å². The standard InChI is InChI=1S/C16H14N6O/c1-10(11-5-4-8-18-9-11)22-13-7-3-2-6-12(13)19-16(22)14-15(17)21-23-20-14/h2-10H,1H3,(H2,17,21)/t10-/m1/s1. The number of nitrogen functional groups attached to an aromatic ring is 1. The zero-order valence-corrected chi connectivity index (χ0v) is 12.4. The largest absolute Gasteiger partial charge is 0.379 e. The van der Waals surface area contributed by atoms with Gasteiger partial charge in [-0.2, -0.15) is 0 Å². The Labute approximate surface area is 131 Å². The molecule has 114 valence electrons. The quantitative estimate of drug-likeness (QED) is 0.625. The van der Waals surface area contributed by atoms with E-state index in [1.54, 1.807) is 6.20 Å². The summed E-state index contributed by atoms with van der Waals surface area (Å²) in [6, 6.07) is 11.8. The molecule has 4 rings (SSSR count). The van der Waals surface area contributed by atoms with Crippen LogP contribution in [-0.2, 0) is 0 Å². The molecule has 0 saturated carbocycles. The first kappa shape index (κ1) is 13.4. The highest BCUT2D eigenvalue weighted by molar-refractivity contribution is 5.82. The molecule has 23 heavy (non-hydrogen) atoms. The van der Waals surface area contributed by atoms with Crippen LogP contribution in [0.4, 0.5) is 5.82 Å². The SMILES string of the molecule is C[C@H](c1cccnc1)n1c(-c2nonc2N)nc2ccccc21. The second-order valence-corrected chi connectivity index (χ2v) is 5.25. The lowest BCUT2D eigenvalue weighted by atomic mass is 10.1. The molecule has 0 radical (unpaired) electrons. The summed E-state index contributed by atoms with van der Waals surface area (Å²) in [5.41, 5.74) is 9.22. The molecule has 0 bridgehead atoms. The van der Waals surface area contributed by atoms with E-state index >= 15 is 0 Å². The fourth-order valence-electron chi connectivity index (χ4n) is 2.73. The lowest BCUT2D eigenvalue weighted by Crippen LogP contribution is -2.09. The van der Waals surface area contributed by atoms with Gasteiger partial charge < -0.3 is 10.3 Å². The third-order valence-corrected chi connectivity index (χ3v) is 3.88. The van der Waals surface area contributed by atoms with Crippen LogP contribution >= 0.6 is 0 Å². The van der Waals surface area contributed by atoms with Gasteiger partial charge in [-0.15, -0.1) is 0 Å². The number of rotatable bonds is 3. The monoisotopic (exact) mass is 306 g/mol. The van der Waals surface area contributed by atoms with E-state index in [-0.39, 0.29) is 11.9 Å². The molecule has 0 saturated heterocycles. The van der Waals surface area contributed by atoms with Crippen LogP contribution in [0, 0.1) is 0 Å². The maximum atomic E-state index is 5.87. The van der Waals surface area contributed by atoms with Crippen molar-refractivity contribution >= 4 is 16.9 Å². The van der Waals surface area contributed by atoms with E-state index in [4.69, 9.17) is 10.4 Å². The van der Waals surface area contributed by atoms with Crippen LogP contribution in [0.3, 0.4) is 0 Å². The summed E-state index contributed by atoms with van der Waals surface area (Å²) in [4.78, 5) is 8.86. The topological polar surface area (TPSA) is 95.7 Å². The molecule has 3 heterocycles. The zero-order chi connectivity index (χ0) is 15.8. The average molecular weight is 306 g/mol. The van der Waals surface area contributed by atoms with Crippen molar-refractivity contribution in [3.05, 3.63) is 54.4 Å². The van der Waals surface area contributed by atoms with Gasteiger partial charge in [-0.05, 0) is 41.0 Å². The lowest BCUT2D eigenvalue weighted by molar-refractivity contribution is 0.310. The Kier molecular flexibility index (Phi) is 3.04. The highest BCUT2D eigenvalue weighted by Crippen LogP contribution is 2.32. The van der Waals surface area contributed by atoms with Gasteiger partial charge in [0.15, 0.2) is 17.3 Å². The van der Waals surface area contributed by atoms with Crippen molar-refractivity contribution in [2.45, 2.75) is 13.0 Å². The Morgan fingerprint density at radius 1 is 1.13 bits per heavy atom. The molecule has 0 aliphatic rings. The second-order valence-electron chi connectivity index (χ2n) is 5.25. The number of anilines is 1. The summed E-state index contributed by atoms with van der Waals surface area (Å²) in [5.74, 6) is 0.848. The van der Waals surface area contributed by atoms with Crippen molar-refractivity contribution in [2.24, 2.45) is 0 Å². The number of nitrogens with zero attached hydrogens (tertiary/aromatic N) is 5. The Morgan fingerprint density at radius 2 is 2.00 bits per heavy atom. The minimum absolute atomic E-state index is 0.00204. The van der Waals surface area contributed by atoms with E-state index in [0.29, 0.717) is 11.5 Å². The summed E-state index contributed by atoms with van der Waals surface area (Å²) >= 11 is 0. The van der Waals surface area contributed by atoms with Crippen molar-refractivity contribution in [1.29, 1.82) is 0 Å². The first-order chi connectivity index (χ1) is 11.3. The first-order valence-corrected chi connectivity index (χ1v) is 7.21. The van der Waals surface area contributed by atoms with Crippen LogP contribution in [-0.4, -0.2) is 24.8 Å². The number of fused-ring (bicyclic) bond motifs is 1. The fourth-order valence-corrected chi connectivity index (χ4v) is 2.73. The average Bonchev–Trinajstić information content (AvgIpc) is 3.18. The summed E-state index contributed by atoms with van der Waals surface area (Å²) < 4.78 is 6.82. The molecule has 0 aliphatic carbocycles. The molecule has 4 aromatic rings. The van der Waals surface area contributed by atoms with E-state index in [1.165, 1.54) is 0 Å². The fraction of sp³-hybridized carbons (Fsp3) is 0.125. The van der Waals surface area contributed by atoms with Gasteiger partial charge in [0.1, 0.15) is 0 Å². The molecular formula is C16H14N6O. The Bertz CT molecular complexity index is 959. The minimum atomic E-state index is 0.00204. The van der Waals surface area contributed by atoms with Gasteiger partial charge in [-0.1, -0.05) is 18.2 Å². The predicted octanol–water partition coefficient (Wildman–Crippen LogP) is 2.67. The normalized spacial score (nSPS) is 12.6. The molecule has 0 unspecified atom stereocenters. The van der Waals surface area contributed by atoms with E-state index in [9.17, 15) is 0 Å². The third kappa shape index (κ3) is 2.13. The highest BCUT2D eigenvalue weighted by Gasteiger charge is 2.22. The van der Waals surface area contributed by atoms with Crippen LogP contribution < -0.4 is 5.73 Å². The number of nitrogens with two attached hydrogens (primary N) is 1. The van der Waals surface area contributed by atoms with Crippen LogP contribution in [0.15, 0.2) is 53.4 Å². The maximum absolute atomic E-state index is 5.87. The summed E-state index contributed by atoms with van der Waals surface area (Å²) in [7, 11) is 0. The molecule has 0 fully saturated rings. The molecule has 3 aromatic heterocycles. The van der Waals surface area contributed by atoms with Gasteiger partial charge in [-0.3, -0.25) is 4.98 Å². The van der Waals surface area contributed by atoms with Gasteiger partial charge in [-0.25, -0.2) is 9.61 Å². The number of pyridine rings is 1.